The van der Waals surface area contributed by atoms with Crippen LogP contribution in [-0.4, -0.2) is 41.3 Å². The van der Waals surface area contributed by atoms with Gasteiger partial charge < -0.3 is 14.7 Å². The van der Waals surface area contributed by atoms with Crippen molar-refractivity contribution in [1.82, 2.24) is 4.90 Å². The molecule has 0 radical (unpaired) electrons. The molecule has 1 amide bonds. The van der Waals surface area contributed by atoms with Crippen molar-refractivity contribution in [3.05, 3.63) is 0 Å². The van der Waals surface area contributed by atoms with Crippen LogP contribution in [0.3, 0.4) is 0 Å². The zero-order chi connectivity index (χ0) is 15.3. The van der Waals surface area contributed by atoms with Gasteiger partial charge in [0.05, 0.1) is 5.41 Å². The van der Waals surface area contributed by atoms with Crippen LogP contribution in [0.25, 0.3) is 0 Å². The van der Waals surface area contributed by atoms with E-state index in [1.54, 1.807) is 4.90 Å². The number of aliphatic carboxylic acids is 1. The van der Waals surface area contributed by atoms with Crippen LogP contribution in [0, 0.1) is 11.3 Å². The van der Waals surface area contributed by atoms with Gasteiger partial charge in [-0.1, -0.05) is 27.2 Å². The van der Waals surface area contributed by atoms with Crippen LogP contribution in [0.1, 0.15) is 53.4 Å². The first-order chi connectivity index (χ1) is 9.41. The average Bonchev–Trinajstić information content (AvgIpc) is 2.45. The second-order valence-electron chi connectivity index (χ2n) is 5.73. The Bertz CT molecular complexity index is 358. The van der Waals surface area contributed by atoms with Crippen molar-refractivity contribution in [2.24, 2.45) is 11.3 Å². The summed E-state index contributed by atoms with van der Waals surface area (Å²) in [5.41, 5.74) is -0.832. The van der Waals surface area contributed by atoms with E-state index in [2.05, 4.69) is 0 Å². The lowest BCUT2D eigenvalue weighted by Gasteiger charge is -2.44. The van der Waals surface area contributed by atoms with Gasteiger partial charge in [-0.25, -0.2) is 4.79 Å². The summed E-state index contributed by atoms with van der Waals surface area (Å²) in [7, 11) is 0. The highest BCUT2D eigenvalue weighted by Gasteiger charge is 2.48. The maximum Gasteiger partial charge on any atom is 0.410 e. The minimum Gasteiger partial charge on any atom is -0.481 e. The van der Waals surface area contributed by atoms with E-state index in [1.165, 1.54) is 0 Å². The SMILES string of the molecule is CCC(C)OC(=O)N1CCC(CC)C(CC)(C(=O)O)C1. The second-order valence-corrected chi connectivity index (χ2v) is 5.73. The number of amides is 1. The Morgan fingerprint density at radius 3 is 2.50 bits per heavy atom. The summed E-state index contributed by atoms with van der Waals surface area (Å²) in [6, 6.07) is 0. The molecule has 0 aromatic heterocycles. The molecule has 1 saturated heterocycles. The van der Waals surface area contributed by atoms with Crippen molar-refractivity contribution in [3.63, 3.8) is 0 Å². The first kappa shape index (κ1) is 16.8. The first-order valence-electron chi connectivity index (χ1n) is 7.60. The number of carbonyl (C=O) groups excluding carboxylic acids is 1. The highest BCUT2D eigenvalue weighted by atomic mass is 16.6. The quantitative estimate of drug-likeness (QED) is 0.842. The molecule has 1 rings (SSSR count). The molecule has 1 heterocycles. The lowest BCUT2D eigenvalue weighted by Crippen LogP contribution is -2.54. The first-order valence-corrected chi connectivity index (χ1v) is 7.60. The molecule has 1 aliphatic rings. The van der Waals surface area contributed by atoms with Crippen LogP contribution in [-0.2, 0) is 9.53 Å². The van der Waals surface area contributed by atoms with E-state index in [0.717, 1.165) is 19.3 Å². The zero-order valence-electron chi connectivity index (χ0n) is 13.0. The summed E-state index contributed by atoms with van der Waals surface area (Å²) in [6.07, 6.45) is 2.34. The van der Waals surface area contributed by atoms with E-state index in [-0.39, 0.29) is 24.7 Å². The fraction of sp³-hybridized carbons (Fsp3) is 0.867. The van der Waals surface area contributed by atoms with Crippen LogP contribution in [0.15, 0.2) is 0 Å². The third-order valence-corrected chi connectivity index (χ3v) is 4.69. The summed E-state index contributed by atoms with van der Waals surface area (Å²) in [6.45, 7) is 8.55. The molecule has 5 nitrogen and oxygen atoms in total. The van der Waals surface area contributed by atoms with Gasteiger partial charge in [0.2, 0.25) is 0 Å². The van der Waals surface area contributed by atoms with Crippen LogP contribution >= 0.6 is 0 Å². The van der Waals surface area contributed by atoms with Gasteiger partial charge in [0.15, 0.2) is 0 Å². The summed E-state index contributed by atoms with van der Waals surface area (Å²) < 4.78 is 5.32. The maximum absolute atomic E-state index is 12.1. The van der Waals surface area contributed by atoms with E-state index in [9.17, 15) is 14.7 Å². The number of piperidine rings is 1. The predicted molar refractivity (Wildman–Crippen MR) is 76.6 cm³/mol. The Balaban J connectivity index is 2.85. The number of likely N-dealkylation sites (tertiary alicyclic amines) is 1. The largest absolute Gasteiger partial charge is 0.481 e. The lowest BCUT2D eigenvalue weighted by atomic mass is 9.68. The topological polar surface area (TPSA) is 66.8 Å². The van der Waals surface area contributed by atoms with Crippen molar-refractivity contribution in [2.75, 3.05) is 13.1 Å². The molecule has 0 aromatic carbocycles. The Morgan fingerprint density at radius 1 is 1.40 bits per heavy atom. The number of carboxylic acids is 1. The van der Waals surface area contributed by atoms with Gasteiger partial charge in [-0.3, -0.25) is 4.79 Å². The molecule has 0 spiro atoms. The van der Waals surface area contributed by atoms with Crippen molar-refractivity contribution >= 4 is 12.1 Å². The van der Waals surface area contributed by atoms with Crippen molar-refractivity contribution < 1.29 is 19.4 Å². The monoisotopic (exact) mass is 285 g/mol. The van der Waals surface area contributed by atoms with Gasteiger partial charge in [-0.05, 0) is 32.1 Å². The predicted octanol–water partition coefficient (Wildman–Crippen LogP) is 3.13. The molecule has 5 heteroatoms. The van der Waals surface area contributed by atoms with E-state index in [1.807, 2.05) is 27.7 Å². The summed E-state index contributed by atoms with van der Waals surface area (Å²) >= 11 is 0. The number of nitrogens with zero attached hydrogens (tertiary/aromatic N) is 1. The fourth-order valence-electron chi connectivity index (χ4n) is 3.01. The number of hydrogen-bond acceptors (Lipinski definition) is 3. The van der Waals surface area contributed by atoms with Crippen molar-refractivity contribution in [3.8, 4) is 0 Å². The van der Waals surface area contributed by atoms with Gasteiger partial charge in [0.1, 0.15) is 6.10 Å². The van der Waals surface area contributed by atoms with Gasteiger partial charge >= 0.3 is 12.1 Å². The van der Waals surface area contributed by atoms with Gasteiger partial charge in [0, 0.05) is 13.1 Å². The molecule has 1 N–H and O–H groups in total. The van der Waals surface area contributed by atoms with Gasteiger partial charge in [-0.15, -0.1) is 0 Å². The normalized spacial score (nSPS) is 28.0. The molecule has 116 valence electrons. The summed E-state index contributed by atoms with van der Waals surface area (Å²) in [5.74, 6) is -0.675. The van der Waals surface area contributed by atoms with E-state index >= 15 is 0 Å². The molecule has 0 bridgehead atoms. The molecule has 1 fully saturated rings. The van der Waals surface area contributed by atoms with Crippen molar-refractivity contribution in [1.29, 1.82) is 0 Å². The minimum atomic E-state index is -0.832. The number of hydrogen-bond donors (Lipinski definition) is 1. The molecule has 0 aliphatic carbocycles. The Kier molecular flexibility index (Phi) is 5.84. The number of carbonyl (C=O) groups is 2. The van der Waals surface area contributed by atoms with E-state index in [4.69, 9.17) is 4.74 Å². The smallest absolute Gasteiger partial charge is 0.410 e. The van der Waals surface area contributed by atoms with Crippen LogP contribution in [0.5, 0.6) is 0 Å². The number of ether oxygens (including phenoxy) is 1. The number of rotatable bonds is 5. The summed E-state index contributed by atoms with van der Waals surface area (Å²) in [5, 5.41) is 9.64. The molecule has 0 aromatic rings. The van der Waals surface area contributed by atoms with Gasteiger partial charge in [-0.2, -0.15) is 0 Å². The summed E-state index contributed by atoms with van der Waals surface area (Å²) in [4.78, 5) is 25.4. The fourth-order valence-corrected chi connectivity index (χ4v) is 3.01. The Labute approximate surface area is 121 Å². The highest BCUT2D eigenvalue weighted by molar-refractivity contribution is 5.77. The maximum atomic E-state index is 12.1. The molecule has 1 aliphatic heterocycles. The zero-order valence-corrected chi connectivity index (χ0v) is 13.0. The Morgan fingerprint density at radius 2 is 2.05 bits per heavy atom. The molecule has 3 unspecified atom stereocenters. The standard InChI is InChI=1S/C15H27NO4/c1-5-11(4)20-14(19)16-9-8-12(6-2)15(7-3,10-16)13(17)18/h11-12H,5-10H2,1-4H3,(H,17,18). The average molecular weight is 285 g/mol. The van der Waals surface area contributed by atoms with Crippen molar-refractivity contribution in [2.45, 2.75) is 59.5 Å². The third kappa shape index (κ3) is 3.25. The molecule has 20 heavy (non-hydrogen) atoms. The van der Waals surface area contributed by atoms with Crippen LogP contribution in [0.4, 0.5) is 4.79 Å². The molecular weight excluding hydrogens is 258 g/mol. The lowest BCUT2D eigenvalue weighted by molar-refractivity contribution is -0.157. The number of carboxylic acid groups (broad SMARTS) is 1. The molecule has 3 atom stereocenters. The van der Waals surface area contributed by atoms with Crippen LogP contribution < -0.4 is 0 Å². The van der Waals surface area contributed by atoms with Gasteiger partial charge in [0.25, 0.3) is 0 Å². The Hall–Kier alpha value is -1.26. The molecular formula is C15H27NO4. The second kappa shape index (κ2) is 6.95. The molecule has 0 saturated carbocycles. The highest BCUT2D eigenvalue weighted by Crippen LogP contribution is 2.41. The minimum absolute atomic E-state index is 0.123. The van der Waals surface area contributed by atoms with E-state index in [0.29, 0.717) is 13.0 Å². The van der Waals surface area contributed by atoms with E-state index < -0.39 is 11.4 Å². The van der Waals surface area contributed by atoms with Crippen LogP contribution in [0.2, 0.25) is 0 Å². The third-order valence-electron chi connectivity index (χ3n) is 4.69.